The van der Waals surface area contributed by atoms with Gasteiger partial charge in [0.25, 0.3) is 5.97 Å². The van der Waals surface area contributed by atoms with Crippen molar-refractivity contribution in [3.63, 3.8) is 0 Å². The number of hydrogen-bond donors (Lipinski definition) is 2. The number of ether oxygens (including phenoxy) is 1. The summed E-state index contributed by atoms with van der Waals surface area (Å²) in [6, 6.07) is 5.89. The van der Waals surface area contributed by atoms with E-state index in [-0.39, 0.29) is 6.01 Å². The van der Waals surface area contributed by atoms with Gasteiger partial charge in [0, 0.05) is 59.2 Å². The summed E-state index contributed by atoms with van der Waals surface area (Å²) in [6.07, 6.45) is 9.41. The molecule has 5 rings (SSSR count). The molecule has 10 heteroatoms. The fraction of sp³-hybridized carbons (Fsp3) is 0.0909. The van der Waals surface area contributed by atoms with Crippen molar-refractivity contribution >= 4 is 27.9 Å². The third kappa shape index (κ3) is 4.06. The highest BCUT2D eigenvalue weighted by molar-refractivity contribution is 6.13. The van der Waals surface area contributed by atoms with E-state index in [0.717, 1.165) is 29.1 Å². The number of carbonyl (C=O) groups is 1. The molecule has 2 N–H and O–H groups in total. The normalized spacial score (nSPS) is 10.6. The summed E-state index contributed by atoms with van der Waals surface area (Å²) >= 11 is 0. The number of nitrogens with zero attached hydrogens (tertiary/aromatic N) is 5. The largest absolute Gasteiger partial charge is 0.481 e. The Hall–Kier alpha value is -4.47. The van der Waals surface area contributed by atoms with Crippen LogP contribution in [-0.2, 0) is 4.79 Å². The molecule has 0 aromatic carbocycles. The lowest BCUT2D eigenvalue weighted by molar-refractivity contribution is -0.134. The number of methoxy groups -OCH3 is 1. The molecule has 0 bridgehead atoms. The molecular formula is C22H17FN6O3. The number of pyridine rings is 3. The molecule has 0 radical (unpaired) electrons. The molecule has 5 aromatic rings. The first-order valence-electron chi connectivity index (χ1n) is 9.40. The van der Waals surface area contributed by atoms with Crippen LogP contribution in [-0.4, -0.2) is 48.1 Å². The Morgan fingerprint density at radius 1 is 1.06 bits per heavy atom. The minimum absolute atomic E-state index is 0.219. The second-order valence-electron chi connectivity index (χ2n) is 6.66. The third-order valence-electron chi connectivity index (χ3n) is 4.52. The zero-order valence-electron chi connectivity index (χ0n) is 17.1. The zero-order chi connectivity index (χ0) is 22.7. The van der Waals surface area contributed by atoms with Crippen molar-refractivity contribution in [3.8, 4) is 28.4 Å². The number of fused-ring (bicyclic) bond motifs is 3. The van der Waals surface area contributed by atoms with Crippen molar-refractivity contribution in [2.75, 3.05) is 7.11 Å². The van der Waals surface area contributed by atoms with Gasteiger partial charge < -0.3 is 14.8 Å². The molecule has 9 nitrogen and oxygen atoms in total. The molecule has 0 unspecified atom stereocenters. The number of hydrogen-bond acceptors (Lipinski definition) is 7. The van der Waals surface area contributed by atoms with Crippen LogP contribution in [0.4, 0.5) is 4.39 Å². The van der Waals surface area contributed by atoms with Crippen LogP contribution in [0.25, 0.3) is 44.3 Å². The van der Waals surface area contributed by atoms with E-state index in [2.05, 4.69) is 29.9 Å². The van der Waals surface area contributed by atoms with E-state index in [1.54, 1.807) is 18.6 Å². The Labute approximate surface area is 181 Å². The van der Waals surface area contributed by atoms with Gasteiger partial charge in [-0.1, -0.05) is 0 Å². The summed E-state index contributed by atoms with van der Waals surface area (Å²) in [6.45, 7) is 1.08. The standard InChI is InChI=1S/C20H13FN6O.C2H4O2/c1-28-20-25-7-12(8-26-20)17-14(21)9-24-19-18(17)13-5-15(23-10-16(13)27-19)11-3-2-4-22-6-11;1-2(3)4/h2-10H,1H3,(H,24,27);1H3,(H,3,4). The molecule has 5 aromatic heterocycles. The van der Waals surface area contributed by atoms with Gasteiger partial charge in [0.1, 0.15) is 11.5 Å². The van der Waals surface area contributed by atoms with Crippen molar-refractivity contribution in [2.45, 2.75) is 6.92 Å². The zero-order valence-corrected chi connectivity index (χ0v) is 17.1. The number of aromatic amines is 1. The average Bonchev–Trinajstić information content (AvgIpc) is 3.17. The third-order valence-corrected chi connectivity index (χ3v) is 4.52. The highest BCUT2D eigenvalue weighted by atomic mass is 19.1. The van der Waals surface area contributed by atoms with Crippen molar-refractivity contribution in [1.29, 1.82) is 0 Å². The number of carboxylic acids is 1. The summed E-state index contributed by atoms with van der Waals surface area (Å²) in [7, 11) is 1.48. The first-order valence-corrected chi connectivity index (χ1v) is 9.40. The van der Waals surface area contributed by atoms with E-state index in [0.29, 0.717) is 22.2 Å². The predicted molar refractivity (Wildman–Crippen MR) is 115 cm³/mol. The summed E-state index contributed by atoms with van der Waals surface area (Å²) in [5, 5.41) is 8.87. The van der Waals surface area contributed by atoms with Gasteiger partial charge in [0.2, 0.25) is 0 Å². The molecule has 32 heavy (non-hydrogen) atoms. The Bertz CT molecular complexity index is 1400. The van der Waals surface area contributed by atoms with Crippen LogP contribution in [0.15, 0.2) is 55.4 Å². The van der Waals surface area contributed by atoms with Crippen LogP contribution < -0.4 is 4.74 Å². The van der Waals surface area contributed by atoms with Crippen LogP contribution in [0, 0.1) is 5.82 Å². The second-order valence-corrected chi connectivity index (χ2v) is 6.66. The van der Waals surface area contributed by atoms with Crippen LogP contribution in [0.5, 0.6) is 6.01 Å². The summed E-state index contributed by atoms with van der Waals surface area (Å²) < 4.78 is 19.8. The number of rotatable bonds is 3. The maximum absolute atomic E-state index is 14.8. The van der Waals surface area contributed by atoms with Gasteiger partial charge >= 0.3 is 6.01 Å². The molecular weight excluding hydrogens is 415 g/mol. The smallest absolute Gasteiger partial charge is 0.316 e. The van der Waals surface area contributed by atoms with Crippen molar-refractivity contribution in [2.24, 2.45) is 0 Å². The highest BCUT2D eigenvalue weighted by Gasteiger charge is 2.18. The van der Waals surface area contributed by atoms with E-state index < -0.39 is 11.8 Å². The average molecular weight is 432 g/mol. The SMILES string of the molecule is CC(=O)O.COc1ncc(-c2c(F)cnc3[nH]c4cnc(-c5cccnc5)cc4c23)cn1. The molecule has 0 saturated carbocycles. The van der Waals surface area contributed by atoms with E-state index in [1.807, 2.05) is 18.2 Å². The first-order chi connectivity index (χ1) is 15.5. The van der Waals surface area contributed by atoms with Gasteiger partial charge in [-0.2, -0.15) is 0 Å². The summed E-state index contributed by atoms with van der Waals surface area (Å²) in [5.74, 6) is -1.29. The van der Waals surface area contributed by atoms with Gasteiger partial charge in [0.15, 0.2) is 0 Å². The summed E-state index contributed by atoms with van der Waals surface area (Å²) in [4.78, 5) is 33.2. The number of aliphatic carboxylic acids is 1. The Kier molecular flexibility index (Phi) is 5.67. The van der Waals surface area contributed by atoms with Gasteiger partial charge in [-0.25, -0.2) is 19.3 Å². The van der Waals surface area contributed by atoms with E-state index >= 15 is 0 Å². The number of nitrogens with one attached hydrogen (secondary N) is 1. The molecule has 160 valence electrons. The Morgan fingerprint density at radius 3 is 2.47 bits per heavy atom. The van der Waals surface area contributed by atoms with Crippen LogP contribution in [0.3, 0.4) is 0 Å². The maximum atomic E-state index is 14.8. The van der Waals surface area contributed by atoms with Crippen LogP contribution in [0.2, 0.25) is 0 Å². The van der Waals surface area contributed by atoms with Crippen molar-refractivity contribution < 1.29 is 19.0 Å². The van der Waals surface area contributed by atoms with Crippen molar-refractivity contribution in [3.05, 3.63) is 61.2 Å². The number of halogens is 1. The first kappa shape index (κ1) is 20.8. The summed E-state index contributed by atoms with van der Waals surface area (Å²) in [5.41, 5.74) is 3.84. The molecule has 0 fully saturated rings. The highest BCUT2D eigenvalue weighted by Crippen LogP contribution is 2.36. The van der Waals surface area contributed by atoms with Gasteiger partial charge in [0.05, 0.1) is 30.7 Å². The second kappa shape index (κ2) is 8.72. The number of H-pyrrole nitrogens is 1. The van der Waals surface area contributed by atoms with Gasteiger partial charge in [-0.15, -0.1) is 0 Å². The molecule has 0 saturated heterocycles. The minimum Gasteiger partial charge on any atom is -0.481 e. The maximum Gasteiger partial charge on any atom is 0.316 e. The molecule has 0 aliphatic rings. The molecule has 0 amide bonds. The van der Waals surface area contributed by atoms with Gasteiger partial charge in [-0.05, 0) is 18.2 Å². The monoisotopic (exact) mass is 432 g/mol. The molecule has 0 aliphatic carbocycles. The quantitative estimate of drug-likeness (QED) is 0.440. The predicted octanol–water partition coefficient (Wildman–Crippen LogP) is 3.87. The fourth-order valence-corrected chi connectivity index (χ4v) is 3.24. The topological polar surface area (TPSA) is 127 Å². The fourth-order valence-electron chi connectivity index (χ4n) is 3.24. The van der Waals surface area contributed by atoms with Gasteiger partial charge in [-0.3, -0.25) is 14.8 Å². The number of carboxylic acid groups (broad SMARTS) is 1. The number of aromatic nitrogens is 6. The van der Waals surface area contributed by atoms with E-state index in [9.17, 15) is 4.39 Å². The van der Waals surface area contributed by atoms with Crippen LogP contribution in [0.1, 0.15) is 6.92 Å². The Balaban J connectivity index is 0.000000567. The lowest BCUT2D eigenvalue weighted by Crippen LogP contribution is -1.94. The molecule has 0 spiro atoms. The van der Waals surface area contributed by atoms with Crippen molar-refractivity contribution in [1.82, 2.24) is 29.9 Å². The lowest BCUT2D eigenvalue weighted by atomic mass is 10.0. The van der Waals surface area contributed by atoms with E-state index in [1.165, 1.54) is 25.7 Å². The van der Waals surface area contributed by atoms with Crippen LogP contribution >= 0.6 is 0 Å². The Morgan fingerprint density at radius 2 is 1.81 bits per heavy atom. The lowest BCUT2D eigenvalue weighted by Gasteiger charge is -2.06. The minimum atomic E-state index is -0.833. The molecule has 0 aliphatic heterocycles. The molecule has 5 heterocycles. The van der Waals surface area contributed by atoms with E-state index in [4.69, 9.17) is 14.6 Å². The molecule has 0 atom stereocenters.